The van der Waals surface area contributed by atoms with Gasteiger partial charge in [-0.25, -0.2) is 0 Å². The number of pyridine rings is 1. The first kappa shape index (κ1) is 27.1. The van der Waals surface area contributed by atoms with Crippen molar-refractivity contribution in [1.29, 1.82) is 0 Å². The summed E-state index contributed by atoms with van der Waals surface area (Å²) in [5, 5.41) is 0.783. The lowest BCUT2D eigenvalue weighted by atomic mass is 9.95. The van der Waals surface area contributed by atoms with Crippen molar-refractivity contribution in [3.05, 3.63) is 52.7 Å². The molecule has 1 saturated heterocycles. The molecule has 1 aliphatic rings. The molecule has 1 aliphatic heterocycles. The summed E-state index contributed by atoms with van der Waals surface area (Å²) in [6, 6.07) is 7.89. The summed E-state index contributed by atoms with van der Waals surface area (Å²) in [5.41, 5.74) is 12.4. The third-order valence-corrected chi connectivity index (χ3v) is 7.13. The van der Waals surface area contributed by atoms with Crippen LogP contribution in [0.2, 0.25) is 0 Å². The Hall–Kier alpha value is -3.90. The number of ketones is 1. The molecule has 0 saturated carbocycles. The molecular weight excluding hydrogens is 510 g/mol. The molecule has 11 nitrogen and oxygen atoms in total. The van der Waals surface area contributed by atoms with E-state index >= 15 is 0 Å². The highest BCUT2D eigenvalue weighted by Gasteiger charge is 2.37. The van der Waals surface area contributed by atoms with Crippen molar-refractivity contribution in [2.24, 2.45) is 5.73 Å². The van der Waals surface area contributed by atoms with Gasteiger partial charge in [-0.3, -0.25) is 24.2 Å². The van der Waals surface area contributed by atoms with Gasteiger partial charge in [-0.15, -0.1) is 0 Å². The van der Waals surface area contributed by atoms with Gasteiger partial charge in [-0.05, 0) is 55.1 Å². The Labute approximate surface area is 223 Å². The van der Waals surface area contributed by atoms with Gasteiger partial charge in [0.2, 0.25) is 0 Å². The molecule has 12 heteroatoms. The molecule has 1 fully saturated rings. The standard InChI is InChI=1S/C26H29N5O6S/c1-2-36-20(33)10-9-19(32)23(16-7-8-18-15(13-16)5-3-11-29-18)31(14-17-6-4-12-37-17)26(35)24-21(27)22(25(28)34)30-38-24/h3,5,7-8,11,13,17,23H,2,4,6,9-10,12,14,27H2,1H3,(H2,28,34). The predicted molar refractivity (Wildman–Crippen MR) is 140 cm³/mol. The Morgan fingerprint density at radius 3 is 2.74 bits per heavy atom. The molecular formula is C26H29N5O6S. The molecule has 38 heavy (non-hydrogen) atoms. The molecule has 2 unspecified atom stereocenters. The Morgan fingerprint density at radius 2 is 2.05 bits per heavy atom. The third kappa shape index (κ3) is 5.97. The van der Waals surface area contributed by atoms with Gasteiger partial charge in [0.05, 0.1) is 30.3 Å². The second kappa shape index (κ2) is 12.1. The number of fused-ring (bicyclic) bond motifs is 1. The highest BCUT2D eigenvalue weighted by Crippen LogP contribution is 2.32. The largest absolute Gasteiger partial charge is 0.466 e. The molecule has 3 heterocycles. The molecule has 2 aromatic heterocycles. The lowest BCUT2D eigenvalue weighted by Gasteiger charge is -2.33. The van der Waals surface area contributed by atoms with E-state index in [0.717, 1.165) is 28.9 Å². The summed E-state index contributed by atoms with van der Waals surface area (Å²) in [6.07, 6.45) is 2.62. The number of aromatic nitrogens is 2. The number of carbonyl (C=O) groups excluding carboxylic acids is 4. The van der Waals surface area contributed by atoms with Crippen LogP contribution in [0.25, 0.3) is 10.9 Å². The van der Waals surface area contributed by atoms with E-state index in [1.165, 1.54) is 4.90 Å². The molecule has 200 valence electrons. The first-order valence-corrected chi connectivity index (χ1v) is 13.1. The van der Waals surface area contributed by atoms with Crippen LogP contribution in [0.4, 0.5) is 5.69 Å². The van der Waals surface area contributed by atoms with Gasteiger partial charge in [0.25, 0.3) is 11.8 Å². The Bertz CT molecular complexity index is 1350. The molecule has 4 rings (SSSR count). The van der Waals surface area contributed by atoms with Crippen molar-refractivity contribution in [2.45, 2.75) is 44.8 Å². The number of nitrogen functional groups attached to an aromatic ring is 1. The van der Waals surface area contributed by atoms with Crippen molar-refractivity contribution in [3.63, 3.8) is 0 Å². The van der Waals surface area contributed by atoms with Gasteiger partial charge in [-0.1, -0.05) is 12.1 Å². The minimum Gasteiger partial charge on any atom is -0.466 e. The van der Waals surface area contributed by atoms with Crippen molar-refractivity contribution in [3.8, 4) is 0 Å². The van der Waals surface area contributed by atoms with E-state index in [1.54, 1.807) is 37.4 Å². The molecule has 3 aromatic rings. The van der Waals surface area contributed by atoms with Crippen molar-refractivity contribution in [2.75, 3.05) is 25.5 Å². The Balaban J connectivity index is 1.78. The van der Waals surface area contributed by atoms with Gasteiger partial charge >= 0.3 is 5.97 Å². The van der Waals surface area contributed by atoms with Gasteiger partial charge in [0.1, 0.15) is 10.9 Å². The second-order valence-electron chi connectivity index (χ2n) is 8.86. The number of amides is 2. The fourth-order valence-corrected chi connectivity index (χ4v) is 5.23. The van der Waals surface area contributed by atoms with Crippen LogP contribution in [0, 0.1) is 0 Å². The van der Waals surface area contributed by atoms with Crippen LogP contribution in [-0.4, -0.2) is 63.7 Å². The Morgan fingerprint density at radius 1 is 1.24 bits per heavy atom. The monoisotopic (exact) mass is 539 g/mol. The van der Waals surface area contributed by atoms with Crippen molar-refractivity contribution < 1.29 is 28.7 Å². The van der Waals surface area contributed by atoms with Crippen LogP contribution in [0.1, 0.15) is 64.4 Å². The van der Waals surface area contributed by atoms with Crippen LogP contribution in [0.3, 0.4) is 0 Å². The molecule has 0 bridgehead atoms. The number of nitrogens with zero attached hydrogens (tertiary/aromatic N) is 3. The van der Waals surface area contributed by atoms with Crippen LogP contribution >= 0.6 is 11.5 Å². The van der Waals surface area contributed by atoms with E-state index in [1.807, 2.05) is 6.07 Å². The number of Topliss-reactive ketones (excluding diaryl/α,β-unsaturated/α-hetero) is 1. The van der Waals surface area contributed by atoms with E-state index in [0.29, 0.717) is 18.6 Å². The van der Waals surface area contributed by atoms with Crippen molar-refractivity contribution >= 4 is 51.7 Å². The summed E-state index contributed by atoms with van der Waals surface area (Å²) >= 11 is 0.747. The topological polar surface area (TPSA) is 168 Å². The summed E-state index contributed by atoms with van der Waals surface area (Å²) < 4.78 is 14.8. The number of ether oxygens (including phenoxy) is 2. The molecule has 2 atom stereocenters. The average molecular weight is 540 g/mol. The minimum absolute atomic E-state index is 0.00226. The average Bonchev–Trinajstić information content (AvgIpc) is 3.56. The second-order valence-corrected chi connectivity index (χ2v) is 9.63. The maximum atomic E-state index is 14.0. The molecule has 0 radical (unpaired) electrons. The number of hydrogen-bond acceptors (Lipinski definition) is 10. The maximum absolute atomic E-state index is 14.0. The number of rotatable bonds is 11. The normalized spacial score (nSPS) is 15.8. The number of primary amides is 1. The molecule has 0 aliphatic carbocycles. The number of esters is 1. The number of hydrogen-bond donors (Lipinski definition) is 2. The van der Waals surface area contributed by atoms with Gasteiger partial charge in [-0.2, -0.15) is 4.37 Å². The fraction of sp³-hybridized carbons (Fsp3) is 0.385. The highest BCUT2D eigenvalue weighted by molar-refractivity contribution is 7.09. The van der Waals surface area contributed by atoms with Gasteiger partial charge in [0, 0.05) is 31.2 Å². The lowest BCUT2D eigenvalue weighted by Crippen LogP contribution is -2.43. The van der Waals surface area contributed by atoms with Crippen LogP contribution in [0.5, 0.6) is 0 Å². The third-order valence-electron chi connectivity index (χ3n) is 6.28. The molecule has 0 spiro atoms. The summed E-state index contributed by atoms with van der Waals surface area (Å²) in [4.78, 5) is 57.2. The van der Waals surface area contributed by atoms with Crippen molar-refractivity contribution in [1.82, 2.24) is 14.3 Å². The SMILES string of the molecule is CCOC(=O)CCC(=O)C(c1ccc2ncccc2c1)N(CC1CCCO1)C(=O)c1snc(C(N)=O)c1N. The van der Waals surface area contributed by atoms with Gasteiger partial charge in [0.15, 0.2) is 11.5 Å². The van der Waals surface area contributed by atoms with E-state index in [2.05, 4.69) is 9.36 Å². The van der Waals surface area contributed by atoms with Crippen LogP contribution in [-0.2, 0) is 19.1 Å². The number of carbonyl (C=O) groups is 4. The van der Waals surface area contributed by atoms with E-state index in [9.17, 15) is 19.2 Å². The highest BCUT2D eigenvalue weighted by atomic mass is 32.1. The zero-order chi connectivity index (χ0) is 27.2. The van der Waals surface area contributed by atoms with E-state index < -0.39 is 23.8 Å². The molecule has 2 amide bonds. The van der Waals surface area contributed by atoms with Crippen LogP contribution in [0.15, 0.2) is 36.5 Å². The fourth-order valence-electron chi connectivity index (χ4n) is 4.47. The zero-order valence-electron chi connectivity index (χ0n) is 20.9. The van der Waals surface area contributed by atoms with E-state index in [4.69, 9.17) is 20.9 Å². The first-order chi connectivity index (χ1) is 18.3. The maximum Gasteiger partial charge on any atom is 0.306 e. The van der Waals surface area contributed by atoms with Crippen LogP contribution < -0.4 is 11.5 Å². The number of anilines is 1. The quantitative estimate of drug-likeness (QED) is 0.348. The number of nitrogens with two attached hydrogens (primary N) is 2. The zero-order valence-corrected chi connectivity index (χ0v) is 21.7. The minimum atomic E-state index is -1.07. The predicted octanol–water partition coefficient (Wildman–Crippen LogP) is 2.65. The van der Waals surface area contributed by atoms with Gasteiger partial charge < -0.3 is 25.8 Å². The van der Waals surface area contributed by atoms with E-state index in [-0.39, 0.29) is 54.1 Å². The first-order valence-electron chi connectivity index (χ1n) is 12.3. The summed E-state index contributed by atoms with van der Waals surface area (Å²) in [7, 11) is 0. The smallest absolute Gasteiger partial charge is 0.306 e. The Kier molecular flexibility index (Phi) is 8.64. The molecule has 1 aromatic carbocycles. The summed E-state index contributed by atoms with van der Waals surface area (Å²) in [6.45, 7) is 2.53. The molecule has 4 N–H and O–H groups in total. The lowest BCUT2D eigenvalue weighted by molar-refractivity contribution is -0.144. The summed E-state index contributed by atoms with van der Waals surface area (Å²) in [5.74, 6) is -2.29. The number of benzene rings is 1.